The fourth-order valence-corrected chi connectivity index (χ4v) is 5.24. The van der Waals surface area contributed by atoms with E-state index in [4.69, 9.17) is 9.72 Å². The van der Waals surface area contributed by atoms with Gasteiger partial charge < -0.3 is 24.4 Å². The zero-order chi connectivity index (χ0) is 23.2. The minimum atomic E-state index is 0.824. The van der Waals surface area contributed by atoms with E-state index >= 15 is 0 Å². The standard InChI is InChI=1S/C27H30N6O/c1-31-12-14-33(15-13-31)23-17-20(6-9-28-23)26-24(25-22(34-3)7-10-29-27(25)30-26)19-5-4-18-8-11-32(2)21(18)16-19/h4-7,9-10,16-17H,8,11-15H2,1-3H3,(H,29,30). The average Bonchev–Trinajstić information content (AvgIpc) is 3.45. The Balaban J connectivity index is 1.53. The van der Waals surface area contributed by atoms with E-state index in [0.717, 1.165) is 84.1 Å². The molecule has 0 unspecified atom stereocenters. The normalized spacial score (nSPS) is 16.3. The van der Waals surface area contributed by atoms with Crippen molar-refractivity contribution in [2.24, 2.45) is 0 Å². The summed E-state index contributed by atoms with van der Waals surface area (Å²) in [5.74, 6) is 1.84. The molecule has 1 aromatic carbocycles. The van der Waals surface area contributed by atoms with Crippen molar-refractivity contribution < 1.29 is 4.74 Å². The van der Waals surface area contributed by atoms with E-state index in [1.807, 2.05) is 12.3 Å². The van der Waals surface area contributed by atoms with Crippen LogP contribution in [0.15, 0.2) is 48.8 Å². The monoisotopic (exact) mass is 454 g/mol. The van der Waals surface area contributed by atoms with Gasteiger partial charge in [-0.15, -0.1) is 0 Å². The molecule has 174 valence electrons. The largest absolute Gasteiger partial charge is 0.496 e. The molecular formula is C27H30N6O. The van der Waals surface area contributed by atoms with E-state index in [1.165, 1.54) is 11.3 Å². The summed E-state index contributed by atoms with van der Waals surface area (Å²) in [7, 11) is 6.06. The van der Waals surface area contributed by atoms with Crippen molar-refractivity contribution in [3.8, 4) is 28.1 Å². The maximum atomic E-state index is 5.79. The number of aromatic amines is 1. The van der Waals surface area contributed by atoms with Gasteiger partial charge in [-0.1, -0.05) is 12.1 Å². The van der Waals surface area contributed by atoms with Crippen molar-refractivity contribution in [2.75, 3.05) is 63.7 Å². The lowest BCUT2D eigenvalue weighted by molar-refractivity contribution is 0.312. The first-order valence-electron chi connectivity index (χ1n) is 11.9. The second-order valence-corrected chi connectivity index (χ2v) is 9.32. The lowest BCUT2D eigenvalue weighted by Gasteiger charge is -2.33. The molecular weight excluding hydrogens is 424 g/mol. The molecule has 5 heterocycles. The molecule has 0 atom stereocenters. The minimum Gasteiger partial charge on any atom is -0.496 e. The Hall–Kier alpha value is -3.58. The predicted molar refractivity (Wildman–Crippen MR) is 138 cm³/mol. The highest BCUT2D eigenvalue weighted by Crippen LogP contribution is 2.44. The summed E-state index contributed by atoms with van der Waals surface area (Å²) >= 11 is 0. The lowest BCUT2D eigenvalue weighted by Crippen LogP contribution is -2.44. The Kier molecular flexibility index (Phi) is 5.14. The van der Waals surface area contributed by atoms with Crippen molar-refractivity contribution in [1.82, 2.24) is 19.9 Å². The van der Waals surface area contributed by atoms with Gasteiger partial charge in [0.25, 0.3) is 0 Å². The van der Waals surface area contributed by atoms with Gasteiger partial charge in [-0.25, -0.2) is 9.97 Å². The van der Waals surface area contributed by atoms with Gasteiger partial charge in [-0.05, 0) is 48.9 Å². The van der Waals surface area contributed by atoms with Gasteiger partial charge in [0.2, 0.25) is 0 Å². The summed E-state index contributed by atoms with van der Waals surface area (Å²) in [5.41, 5.74) is 7.97. The molecule has 0 saturated carbocycles. The van der Waals surface area contributed by atoms with Gasteiger partial charge in [-0.3, -0.25) is 0 Å². The highest BCUT2D eigenvalue weighted by atomic mass is 16.5. The van der Waals surface area contributed by atoms with Gasteiger partial charge in [0.15, 0.2) is 0 Å². The first kappa shape index (κ1) is 21.0. The molecule has 1 N–H and O–H groups in total. The maximum absolute atomic E-state index is 5.79. The molecule has 3 aromatic heterocycles. The molecule has 7 heteroatoms. The summed E-state index contributed by atoms with van der Waals surface area (Å²) in [6.45, 7) is 5.13. The van der Waals surface area contributed by atoms with Gasteiger partial charge in [0.05, 0.1) is 18.2 Å². The van der Waals surface area contributed by atoms with E-state index in [0.29, 0.717) is 0 Å². The lowest BCUT2D eigenvalue weighted by atomic mass is 9.97. The highest BCUT2D eigenvalue weighted by molar-refractivity contribution is 6.06. The number of hydrogen-bond donors (Lipinski definition) is 1. The van der Waals surface area contributed by atoms with Crippen LogP contribution in [0.1, 0.15) is 5.56 Å². The zero-order valence-corrected chi connectivity index (χ0v) is 20.0. The van der Waals surface area contributed by atoms with E-state index in [1.54, 1.807) is 13.3 Å². The molecule has 0 bridgehead atoms. The number of nitrogens with zero attached hydrogens (tertiary/aromatic N) is 5. The maximum Gasteiger partial charge on any atom is 0.142 e. The third-order valence-corrected chi connectivity index (χ3v) is 7.24. The van der Waals surface area contributed by atoms with E-state index in [9.17, 15) is 0 Å². The summed E-state index contributed by atoms with van der Waals surface area (Å²) in [6, 6.07) is 13.0. The van der Waals surface area contributed by atoms with Crippen LogP contribution in [0.4, 0.5) is 11.5 Å². The topological polar surface area (TPSA) is 60.5 Å². The summed E-state index contributed by atoms with van der Waals surface area (Å²) in [5, 5.41) is 1.01. The van der Waals surface area contributed by atoms with Crippen molar-refractivity contribution in [3.63, 3.8) is 0 Å². The Morgan fingerprint density at radius 2 is 1.71 bits per heavy atom. The van der Waals surface area contributed by atoms with Crippen LogP contribution in [-0.4, -0.2) is 73.8 Å². The molecule has 1 fully saturated rings. The molecule has 6 rings (SSSR count). The van der Waals surface area contributed by atoms with Gasteiger partial charge in [0.1, 0.15) is 17.2 Å². The van der Waals surface area contributed by atoms with Crippen LogP contribution in [0.25, 0.3) is 33.4 Å². The number of aromatic nitrogens is 3. The number of methoxy groups -OCH3 is 1. The average molecular weight is 455 g/mol. The molecule has 7 nitrogen and oxygen atoms in total. The SMILES string of the molecule is COc1ccnc2[nH]c(-c3ccnc(N4CCN(C)CC4)c3)c(-c3ccc4c(c3)N(C)CC4)c12. The van der Waals surface area contributed by atoms with Crippen molar-refractivity contribution >= 4 is 22.5 Å². The summed E-state index contributed by atoms with van der Waals surface area (Å²) in [6.07, 6.45) is 4.81. The Morgan fingerprint density at radius 1 is 0.882 bits per heavy atom. The molecule has 0 radical (unpaired) electrons. The number of ether oxygens (including phenoxy) is 1. The van der Waals surface area contributed by atoms with Crippen LogP contribution in [0.5, 0.6) is 5.75 Å². The number of H-pyrrole nitrogens is 1. The first-order chi connectivity index (χ1) is 16.6. The van der Waals surface area contributed by atoms with Crippen LogP contribution in [0.3, 0.4) is 0 Å². The first-order valence-corrected chi connectivity index (χ1v) is 11.9. The van der Waals surface area contributed by atoms with Gasteiger partial charge >= 0.3 is 0 Å². The molecule has 2 aliphatic heterocycles. The predicted octanol–water partition coefficient (Wildman–Crippen LogP) is 4.04. The number of pyridine rings is 2. The number of piperazine rings is 1. The second-order valence-electron chi connectivity index (χ2n) is 9.32. The molecule has 1 saturated heterocycles. The highest BCUT2D eigenvalue weighted by Gasteiger charge is 2.23. The van der Waals surface area contributed by atoms with E-state index in [-0.39, 0.29) is 0 Å². The number of fused-ring (bicyclic) bond motifs is 2. The van der Waals surface area contributed by atoms with Crippen molar-refractivity contribution in [1.29, 1.82) is 0 Å². The number of nitrogens with one attached hydrogen (secondary N) is 1. The van der Waals surface area contributed by atoms with Crippen LogP contribution in [0.2, 0.25) is 0 Å². The molecule has 2 aliphatic rings. The smallest absolute Gasteiger partial charge is 0.142 e. The molecule has 0 amide bonds. The van der Waals surface area contributed by atoms with Crippen LogP contribution in [0, 0.1) is 0 Å². The number of rotatable bonds is 4. The Bertz CT molecular complexity index is 1350. The van der Waals surface area contributed by atoms with E-state index < -0.39 is 0 Å². The molecule has 0 aliphatic carbocycles. The van der Waals surface area contributed by atoms with Crippen molar-refractivity contribution in [3.05, 3.63) is 54.4 Å². The quantitative estimate of drug-likeness (QED) is 0.502. The second kappa shape index (κ2) is 8.33. The van der Waals surface area contributed by atoms with E-state index in [2.05, 4.69) is 69.1 Å². The van der Waals surface area contributed by atoms with Crippen LogP contribution >= 0.6 is 0 Å². The summed E-state index contributed by atoms with van der Waals surface area (Å²) in [4.78, 5) is 20.0. The number of benzene rings is 1. The Morgan fingerprint density at radius 3 is 2.53 bits per heavy atom. The number of likely N-dealkylation sites (N-methyl/N-ethyl adjacent to an activating group) is 2. The minimum absolute atomic E-state index is 0.824. The number of hydrogen-bond acceptors (Lipinski definition) is 6. The molecule has 0 spiro atoms. The molecule has 34 heavy (non-hydrogen) atoms. The Labute approximate surface area is 200 Å². The number of anilines is 2. The van der Waals surface area contributed by atoms with Crippen molar-refractivity contribution in [2.45, 2.75) is 6.42 Å². The van der Waals surface area contributed by atoms with Gasteiger partial charge in [-0.2, -0.15) is 0 Å². The zero-order valence-electron chi connectivity index (χ0n) is 20.0. The van der Waals surface area contributed by atoms with Crippen LogP contribution in [-0.2, 0) is 6.42 Å². The third kappa shape index (κ3) is 3.47. The van der Waals surface area contributed by atoms with Gasteiger partial charge in [0, 0.05) is 69.0 Å². The fraction of sp³-hybridized carbons (Fsp3) is 0.333. The fourth-order valence-electron chi connectivity index (χ4n) is 5.24. The molecule has 4 aromatic rings. The third-order valence-electron chi connectivity index (χ3n) is 7.24. The summed E-state index contributed by atoms with van der Waals surface area (Å²) < 4.78 is 5.79. The van der Waals surface area contributed by atoms with Crippen LogP contribution < -0.4 is 14.5 Å².